The third kappa shape index (κ3) is 4.08. The number of rotatable bonds is 5. The number of hydrogen-bond acceptors (Lipinski definition) is 5. The standard InChI is InChI=1S/C25H29NO3S/c1-5-12-29-20-11-10-16(13-21(20)28-4)24-23-18(14-25(2,3)15-19(23)27)26-17-8-6-7-9-22(17)30-24/h6-11,13,24,26H,5,12,14-15H2,1-4H3. The van der Waals surface area contributed by atoms with Crippen LogP contribution >= 0.6 is 11.8 Å². The van der Waals surface area contributed by atoms with Crippen LogP contribution < -0.4 is 14.8 Å². The van der Waals surface area contributed by atoms with Crippen molar-refractivity contribution in [1.29, 1.82) is 0 Å². The minimum absolute atomic E-state index is 0.0487. The highest BCUT2D eigenvalue weighted by Gasteiger charge is 2.39. The van der Waals surface area contributed by atoms with Crippen LogP contribution in [0.1, 0.15) is 50.8 Å². The second-order valence-electron chi connectivity index (χ2n) is 8.71. The molecule has 2 aromatic rings. The van der Waals surface area contributed by atoms with Gasteiger partial charge in [0.05, 0.1) is 24.7 Å². The van der Waals surface area contributed by atoms with E-state index in [2.05, 4.69) is 44.3 Å². The number of para-hydroxylation sites is 1. The number of ketones is 1. The molecule has 158 valence electrons. The van der Waals surface area contributed by atoms with E-state index >= 15 is 0 Å². The second-order valence-corrected chi connectivity index (χ2v) is 9.86. The molecule has 5 heteroatoms. The first-order valence-electron chi connectivity index (χ1n) is 10.5. The molecule has 0 aromatic heterocycles. The highest BCUT2D eigenvalue weighted by atomic mass is 32.2. The van der Waals surface area contributed by atoms with Crippen molar-refractivity contribution in [3.05, 3.63) is 59.3 Å². The van der Waals surface area contributed by atoms with Gasteiger partial charge in [-0.3, -0.25) is 4.79 Å². The van der Waals surface area contributed by atoms with Crippen molar-refractivity contribution in [3.8, 4) is 11.5 Å². The Kier molecular flexibility index (Phi) is 5.83. The Morgan fingerprint density at radius 1 is 1.13 bits per heavy atom. The van der Waals surface area contributed by atoms with E-state index in [1.807, 2.05) is 24.3 Å². The predicted octanol–water partition coefficient (Wildman–Crippen LogP) is 6.39. The monoisotopic (exact) mass is 423 g/mol. The van der Waals surface area contributed by atoms with Crippen LogP contribution in [0.15, 0.2) is 58.6 Å². The lowest BCUT2D eigenvalue weighted by Crippen LogP contribution is -2.29. The van der Waals surface area contributed by atoms with Gasteiger partial charge in [-0.05, 0) is 48.1 Å². The maximum absolute atomic E-state index is 13.3. The third-order valence-corrected chi connectivity index (χ3v) is 6.91. The van der Waals surface area contributed by atoms with Gasteiger partial charge in [-0.2, -0.15) is 0 Å². The number of Topliss-reactive ketones (excluding diaryl/α,β-unsaturated/α-hetero) is 1. The Hall–Kier alpha value is -2.40. The molecule has 1 aliphatic carbocycles. The molecule has 0 saturated carbocycles. The summed E-state index contributed by atoms with van der Waals surface area (Å²) in [7, 11) is 1.66. The van der Waals surface area contributed by atoms with Gasteiger partial charge < -0.3 is 14.8 Å². The highest BCUT2D eigenvalue weighted by molar-refractivity contribution is 8.00. The van der Waals surface area contributed by atoms with Crippen LogP contribution in [0.2, 0.25) is 0 Å². The lowest BCUT2D eigenvalue weighted by molar-refractivity contribution is -0.118. The fraction of sp³-hybridized carbons (Fsp3) is 0.400. The first-order valence-corrected chi connectivity index (χ1v) is 11.4. The lowest BCUT2D eigenvalue weighted by Gasteiger charge is -2.34. The number of carbonyl (C=O) groups excluding carboxylic acids is 1. The molecule has 30 heavy (non-hydrogen) atoms. The molecule has 0 saturated heterocycles. The second kappa shape index (κ2) is 8.38. The predicted molar refractivity (Wildman–Crippen MR) is 122 cm³/mol. The molecule has 0 amide bonds. The van der Waals surface area contributed by atoms with Crippen molar-refractivity contribution in [2.75, 3.05) is 19.0 Å². The van der Waals surface area contributed by atoms with Gasteiger partial charge in [-0.15, -0.1) is 11.8 Å². The number of hydrogen-bond donors (Lipinski definition) is 1. The zero-order valence-corrected chi connectivity index (χ0v) is 18.9. The number of thioether (sulfide) groups is 1. The summed E-state index contributed by atoms with van der Waals surface area (Å²) in [6.07, 6.45) is 2.36. The molecule has 1 unspecified atom stereocenters. The smallest absolute Gasteiger partial charge is 0.162 e. The molecule has 1 aliphatic heterocycles. The Morgan fingerprint density at radius 3 is 2.70 bits per heavy atom. The van der Waals surface area contributed by atoms with Crippen molar-refractivity contribution >= 4 is 23.2 Å². The van der Waals surface area contributed by atoms with Gasteiger partial charge >= 0.3 is 0 Å². The van der Waals surface area contributed by atoms with Gasteiger partial charge in [0.1, 0.15) is 0 Å². The van der Waals surface area contributed by atoms with Crippen LogP contribution in [0.25, 0.3) is 0 Å². The molecule has 4 rings (SSSR count). The van der Waals surface area contributed by atoms with Crippen LogP contribution in [0.3, 0.4) is 0 Å². The van der Waals surface area contributed by atoms with Crippen LogP contribution in [0, 0.1) is 5.41 Å². The van der Waals surface area contributed by atoms with E-state index in [1.165, 1.54) is 0 Å². The molecule has 0 spiro atoms. The van der Waals surface area contributed by atoms with Gasteiger partial charge in [-0.25, -0.2) is 0 Å². The average Bonchev–Trinajstić information content (AvgIpc) is 2.87. The molecule has 1 atom stereocenters. The van der Waals surface area contributed by atoms with Crippen molar-refractivity contribution in [1.82, 2.24) is 0 Å². The molecule has 4 nitrogen and oxygen atoms in total. The summed E-state index contributed by atoms with van der Waals surface area (Å²) in [5.74, 6) is 1.67. The van der Waals surface area contributed by atoms with E-state index in [1.54, 1.807) is 18.9 Å². The zero-order valence-electron chi connectivity index (χ0n) is 18.1. The first-order chi connectivity index (χ1) is 14.4. The van der Waals surface area contributed by atoms with Crippen LogP contribution in [-0.4, -0.2) is 19.5 Å². The Bertz CT molecular complexity index is 996. The van der Waals surface area contributed by atoms with Crippen molar-refractivity contribution in [3.63, 3.8) is 0 Å². The fourth-order valence-electron chi connectivity index (χ4n) is 4.18. The molecule has 2 aromatic carbocycles. The van der Waals surface area contributed by atoms with Crippen molar-refractivity contribution in [2.45, 2.75) is 50.2 Å². The van der Waals surface area contributed by atoms with Crippen LogP contribution in [0.5, 0.6) is 11.5 Å². The van der Waals surface area contributed by atoms with Gasteiger partial charge in [0.15, 0.2) is 17.3 Å². The van der Waals surface area contributed by atoms with Crippen molar-refractivity contribution in [2.24, 2.45) is 5.41 Å². The summed E-state index contributed by atoms with van der Waals surface area (Å²) in [4.78, 5) is 14.5. The molecule has 1 heterocycles. The number of allylic oxidation sites excluding steroid dienone is 1. The Balaban J connectivity index is 1.81. The van der Waals surface area contributed by atoms with E-state index in [4.69, 9.17) is 9.47 Å². The Morgan fingerprint density at radius 2 is 1.93 bits per heavy atom. The third-order valence-electron chi connectivity index (χ3n) is 5.55. The Labute approximate surface area is 183 Å². The first kappa shape index (κ1) is 20.9. The average molecular weight is 424 g/mol. The number of benzene rings is 2. The molecular formula is C25H29NO3S. The van der Waals surface area contributed by atoms with Gasteiger partial charge in [0, 0.05) is 22.6 Å². The maximum Gasteiger partial charge on any atom is 0.162 e. The quantitative estimate of drug-likeness (QED) is 0.604. The zero-order chi connectivity index (χ0) is 21.3. The lowest BCUT2D eigenvalue weighted by atomic mass is 9.74. The van der Waals surface area contributed by atoms with Crippen LogP contribution in [-0.2, 0) is 4.79 Å². The minimum Gasteiger partial charge on any atom is -0.493 e. The normalized spacial score (nSPS) is 20.0. The van der Waals surface area contributed by atoms with E-state index in [0.29, 0.717) is 18.8 Å². The van der Waals surface area contributed by atoms with E-state index in [0.717, 1.165) is 46.0 Å². The summed E-state index contributed by atoms with van der Waals surface area (Å²) in [5.41, 5.74) is 4.01. The summed E-state index contributed by atoms with van der Waals surface area (Å²) >= 11 is 1.73. The SMILES string of the molecule is CCCOc1ccc(C2Sc3ccccc3NC3=C2C(=O)CC(C)(C)C3)cc1OC. The number of fused-ring (bicyclic) bond motifs is 1. The molecule has 0 radical (unpaired) electrons. The number of methoxy groups -OCH3 is 1. The van der Waals surface area contributed by atoms with E-state index in [-0.39, 0.29) is 16.4 Å². The van der Waals surface area contributed by atoms with E-state index in [9.17, 15) is 4.79 Å². The summed E-state index contributed by atoms with van der Waals surface area (Å²) in [6, 6.07) is 14.3. The molecule has 0 fully saturated rings. The highest BCUT2D eigenvalue weighted by Crippen LogP contribution is 2.52. The summed E-state index contributed by atoms with van der Waals surface area (Å²) in [6.45, 7) is 7.06. The molecule has 2 aliphatic rings. The molecule has 0 bridgehead atoms. The van der Waals surface area contributed by atoms with Crippen molar-refractivity contribution < 1.29 is 14.3 Å². The van der Waals surface area contributed by atoms with Crippen LogP contribution in [0.4, 0.5) is 5.69 Å². The van der Waals surface area contributed by atoms with Gasteiger partial charge in [0.25, 0.3) is 0 Å². The minimum atomic E-state index is -0.0890. The number of nitrogens with one attached hydrogen (secondary N) is 1. The molecule has 1 N–H and O–H groups in total. The summed E-state index contributed by atoms with van der Waals surface area (Å²) in [5, 5.41) is 3.51. The molecular weight excluding hydrogens is 394 g/mol. The number of ether oxygens (including phenoxy) is 2. The topological polar surface area (TPSA) is 47.6 Å². The number of anilines is 1. The largest absolute Gasteiger partial charge is 0.493 e. The van der Waals surface area contributed by atoms with E-state index < -0.39 is 0 Å². The number of carbonyl (C=O) groups is 1. The van der Waals surface area contributed by atoms with Gasteiger partial charge in [-0.1, -0.05) is 39.0 Å². The maximum atomic E-state index is 13.3. The fourth-order valence-corrected chi connectivity index (χ4v) is 5.52. The van der Waals surface area contributed by atoms with Gasteiger partial charge in [0.2, 0.25) is 0 Å². The summed E-state index contributed by atoms with van der Waals surface area (Å²) < 4.78 is 11.5.